The summed E-state index contributed by atoms with van der Waals surface area (Å²) < 4.78 is 10.7. The van der Waals surface area contributed by atoms with Gasteiger partial charge in [0.25, 0.3) is 0 Å². The van der Waals surface area contributed by atoms with Crippen LogP contribution in [0, 0.1) is 5.92 Å². The minimum Gasteiger partial charge on any atom is -0.370 e. The first kappa shape index (κ1) is 11.5. The van der Waals surface area contributed by atoms with Gasteiger partial charge in [0, 0.05) is 13.5 Å². The Bertz CT molecular complexity index is 343. The standard InChI is InChI=1S/C11H19N3O2/c1-4-11(2,15-3)10-13-9(16-14-10)5-8-6-12-7-8/h8,12H,4-7H2,1-3H3. The highest BCUT2D eigenvalue weighted by Gasteiger charge is 2.30. The monoisotopic (exact) mass is 225 g/mol. The van der Waals surface area contributed by atoms with Gasteiger partial charge < -0.3 is 14.6 Å². The van der Waals surface area contributed by atoms with E-state index in [0.717, 1.165) is 31.8 Å². The average molecular weight is 225 g/mol. The molecule has 5 nitrogen and oxygen atoms in total. The van der Waals surface area contributed by atoms with Crippen molar-refractivity contribution >= 4 is 0 Å². The highest BCUT2D eigenvalue weighted by Crippen LogP contribution is 2.25. The van der Waals surface area contributed by atoms with Crippen molar-refractivity contribution in [3.63, 3.8) is 0 Å². The Balaban J connectivity index is 2.05. The molecule has 1 aliphatic rings. The van der Waals surface area contributed by atoms with E-state index in [-0.39, 0.29) is 0 Å². The first-order valence-electron chi connectivity index (χ1n) is 5.77. The van der Waals surface area contributed by atoms with Crippen molar-refractivity contribution in [2.45, 2.75) is 32.3 Å². The fraction of sp³-hybridized carbons (Fsp3) is 0.818. The van der Waals surface area contributed by atoms with Gasteiger partial charge >= 0.3 is 0 Å². The fourth-order valence-electron chi connectivity index (χ4n) is 1.69. The van der Waals surface area contributed by atoms with Crippen LogP contribution in [-0.2, 0) is 16.8 Å². The highest BCUT2D eigenvalue weighted by atomic mass is 16.5. The summed E-state index contributed by atoms with van der Waals surface area (Å²) in [6.07, 6.45) is 1.69. The smallest absolute Gasteiger partial charge is 0.227 e. The number of ether oxygens (including phenoxy) is 1. The third-order valence-electron chi connectivity index (χ3n) is 3.40. The largest absolute Gasteiger partial charge is 0.370 e. The molecule has 1 atom stereocenters. The summed E-state index contributed by atoms with van der Waals surface area (Å²) in [4.78, 5) is 4.42. The van der Waals surface area contributed by atoms with Crippen molar-refractivity contribution in [3.05, 3.63) is 11.7 Å². The second-order valence-electron chi connectivity index (χ2n) is 4.53. The van der Waals surface area contributed by atoms with Gasteiger partial charge in [0.05, 0.1) is 0 Å². The van der Waals surface area contributed by atoms with E-state index >= 15 is 0 Å². The lowest BCUT2D eigenvalue weighted by molar-refractivity contribution is -0.0106. The number of nitrogens with zero attached hydrogens (tertiary/aromatic N) is 2. The number of rotatable bonds is 5. The van der Waals surface area contributed by atoms with E-state index in [1.165, 1.54) is 0 Å². The van der Waals surface area contributed by atoms with Gasteiger partial charge in [-0.3, -0.25) is 0 Å². The first-order valence-corrected chi connectivity index (χ1v) is 5.77. The van der Waals surface area contributed by atoms with Gasteiger partial charge in [-0.05, 0) is 32.4 Å². The maximum atomic E-state index is 5.43. The van der Waals surface area contributed by atoms with Gasteiger partial charge in [-0.15, -0.1) is 0 Å². The van der Waals surface area contributed by atoms with Crippen LogP contribution in [0.5, 0.6) is 0 Å². The zero-order valence-electron chi connectivity index (χ0n) is 10.1. The molecule has 16 heavy (non-hydrogen) atoms. The average Bonchev–Trinajstić information content (AvgIpc) is 2.71. The molecule has 5 heteroatoms. The second-order valence-corrected chi connectivity index (χ2v) is 4.53. The summed E-state index contributed by atoms with van der Waals surface area (Å²) in [5, 5.41) is 7.24. The molecule has 1 N–H and O–H groups in total. The molecular weight excluding hydrogens is 206 g/mol. The Morgan fingerprint density at radius 1 is 1.56 bits per heavy atom. The fourth-order valence-corrected chi connectivity index (χ4v) is 1.69. The zero-order chi connectivity index (χ0) is 11.6. The summed E-state index contributed by atoms with van der Waals surface area (Å²) >= 11 is 0. The Hall–Kier alpha value is -0.940. The summed E-state index contributed by atoms with van der Waals surface area (Å²) in [7, 11) is 1.68. The molecule has 0 aromatic carbocycles. The van der Waals surface area contributed by atoms with Gasteiger partial charge in [-0.2, -0.15) is 4.98 Å². The number of methoxy groups -OCH3 is 1. The van der Waals surface area contributed by atoms with E-state index in [2.05, 4.69) is 22.4 Å². The highest BCUT2D eigenvalue weighted by molar-refractivity contribution is 5.00. The first-order chi connectivity index (χ1) is 7.68. The van der Waals surface area contributed by atoms with Crippen molar-refractivity contribution < 1.29 is 9.26 Å². The van der Waals surface area contributed by atoms with E-state index in [1.807, 2.05) is 6.92 Å². The van der Waals surface area contributed by atoms with Crippen LogP contribution >= 0.6 is 0 Å². The quantitative estimate of drug-likeness (QED) is 0.813. The molecule has 1 aromatic heterocycles. The topological polar surface area (TPSA) is 60.2 Å². The predicted molar refractivity (Wildman–Crippen MR) is 59.0 cm³/mol. The molecule has 0 amide bonds. The molecule has 2 heterocycles. The summed E-state index contributed by atoms with van der Waals surface area (Å²) in [6, 6.07) is 0. The molecule has 1 aliphatic heterocycles. The van der Waals surface area contributed by atoms with Gasteiger partial charge in [0.1, 0.15) is 5.60 Å². The molecular formula is C11H19N3O2. The van der Waals surface area contributed by atoms with Crippen LogP contribution in [-0.4, -0.2) is 30.3 Å². The lowest BCUT2D eigenvalue weighted by Crippen LogP contribution is -2.43. The number of nitrogens with one attached hydrogen (secondary N) is 1. The normalized spacial score (nSPS) is 20.4. The Morgan fingerprint density at radius 3 is 2.81 bits per heavy atom. The summed E-state index contributed by atoms with van der Waals surface area (Å²) in [5.41, 5.74) is -0.431. The van der Waals surface area contributed by atoms with Gasteiger partial charge in [-0.1, -0.05) is 12.1 Å². The molecule has 0 spiro atoms. The Labute approximate surface area is 95.6 Å². The Morgan fingerprint density at radius 2 is 2.31 bits per heavy atom. The third kappa shape index (κ3) is 2.10. The molecule has 2 rings (SSSR count). The molecule has 0 saturated carbocycles. The van der Waals surface area contributed by atoms with Crippen molar-refractivity contribution in [1.82, 2.24) is 15.5 Å². The lowest BCUT2D eigenvalue weighted by atomic mass is 9.99. The van der Waals surface area contributed by atoms with E-state index in [4.69, 9.17) is 9.26 Å². The summed E-state index contributed by atoms with van der Waals surface area (Å²) in [6.45, 7) is 6.13. The Kier molecular flexibility index (Phi) is 3.25. The summed E-state index contributed by atoms with van der Waals surface area (Å²) in [5.74, 6) is 2.02. The van der Waals surface area contributed by atoms with Crippen LogP contribution in [0.15, 0.2) is 4.52 Å². The van der Waals surface area contributed by atoms with Gasteiger partial charge in [0.2, 0.25) is 11.7 Å². The van der Waals surface area contributed by atoms with Crippen molar-refractivity contribution in [1.29, 1.82) is 0 Å². The second kappa shape index (κ2) is 4.51. The predicted octanol–water partition coefficient (Wildman–Crippen LogP) is 1.10. The van der Waals surface area contributed by atoms with Crippen LogP contribution in [0.4, 0.5) is 0 Å². The molecule has 1 saturated heterocycles. The molecule has 0 aliphatic carbocycles. The number of aromatic nitrogens is 2. The lowest BCUT2D eigenvalue weighted by Gasteiger charge is -2.25. The number of hydrogen-bond acceptors (Lipinski definition) is 5. The molecule has 0 bridgehead atoms. The van der Waals surface area contributed by atoms with E-state index < -0.39 is 5.60 Å². The maximum absolute atomic E-state index is 5.43. The van der Waals surface area contributed by atoms with Crippen LogP contribution in [0.25, 0.3) is 0 Å². The molecule has 0 radical (unpaired) electrons. The van der Waals surface area contributed by atoms with Crippen LogP contribution in [0.1, 0.15) is 32.0 Å². The molecule has 1 unspecified atom stereocenters. The minimum atomic E-state index is -0.431. The number of hydrogen-bond donors (Lipinski definition) is 1. The van der Waals surface area contributed by atoms with Crippen molar-refractivity contribution in [3.8, 4) is 0 Å². The third-order valence-corrected chi connectivity index (χ3v) is 3.40. The zero-order valence-corrected chi connectivity index (χ0v) is 10.1. The molecule has 1 fully saturated rings. The van der Waals surface area contributed by atoms with Gasteiger partial charge in [0.15, 0.2) is 0 Å². The van der Waals surface area contributed by atoms with Crippen molar-refractivity contribution in [2.75, 3.05) is 20.2 Å². The van der Waals surface area contributed by atoms with E-state index in [0.29, 0.717) is 11.7 Å². The van der Waals surface area contributed by atoms with Crippen LogP contribution in [0.3, 0.4) is 0 Å². The van der Waals surface area contributed by atoms with Crippen LogP contribution < -0.4 is 5.32 Å². The SMILES string of the molecule is CCC(C)(OC)c1noc(CC2CNC2)n1. The minimum absolute atomic E-state index is 0.431. The van der Waals surface area contributed by atoms with Crippen molar-refractivity contribution in [2.24, 2.45) is 5.92 Å². The van der Waals surface area contributed by atoms with E-state index in [9.17, 15) is 0 Å². The maximum Gasteiger partial charge on any atom is 0.227 e. The van der Waals surface area contributed by atoms with Crippen LogP contribution in [0.2, 0.25) is 0 Å². The molecule has 90 valence electrons. The van der Waals surface area contributed by atoms with Gasteiger partial charge in [-0.25, -0.2) is 0 Å². The van der Waals surface area contributed by atoms with E-state index in [1.54, 1.807) is 7.11 Å². The molecule has 1 aromatic rings.